The van der Waals surface area contributed by atoms with Crippen LogP contribution in [0.2, 0.25) is 4.34 Å². The Morgan fingerprint density at radius 3 is 2.11 bits per heavy atom. The summed E-state index contributed by atoms with van der Waals surface area (Å²) < 4.78 is 6.53. The van der Waals surface area contributed by atoms with Crippen LogP contribution in [0.25, 0.3) is 0 Å². The van der Waals surface area contributed by atoms with Crippen molar-refractivity contribution in [1.82, 2.24) is 5.43 Å². The summed E-state index contributed by atoms with van der Waals surface area (Å²) in [6.07, 6.45) is 0. The third-order valence-corrected chi connectivity index (χ3v) is 6.86. The molecule has 0 radical (unpaired) electrons. The highest BCUT2D eigenvalue weighted by molar-refractivity contribution is 7.18. The summed E-state index contributed by atoms with van der Waals surface area (Å²) in [5, 5.41) is 7.17. The molecule has 6 nitrogen and oxygen atoms in total. The van der Waals surface area contributed by atoms with E-state index in [1.165, 1.54) is 11.3 Å². The second kappa shape index (κ2) is 9.74. The van der Waals surface area contributed by atoms with Gasteiger partial charge in [0, 0.05) is 16.8 Å². The molecule has 4 aromatic rings. The number of para-hydroxylation sites is 2. The van der Waals surface area contributed by atoms with E-state index in [4.69, 9.17) is 16.3 Å². The van der Waals surface area contributed by atoms with Gasteiger partial charge in [-0.1, -0.05) is 60.1 Å². The van der Waals surface area contributed by atoms with E-state index in [1.54, 1.807) is 24.3 Å². The molecule has 2 amide bonds. The van der Waals surface area contributed by atoms with Crippen LogP contribution < -0.4 is 15.5 Å². The normalized spacial score (nSPS) is 12.8. The Morgan fingerprint density at radius 1 is 0.886 bits per heavy atom. The monoisotopic (exact) mass is 501 g/mol. The van der Waals surface area contributed by atoms with E-state index in [1.807, 2.05) is 67.6 Å². The van der Waals surface area contributed by atoms with Crippen molar-refractivity contribution >= 4 is 46.2 Å². The Balaban J connectivity index is 1.30. The molecule has 2 heterocycles. The van der Waals surface area contributed by atoms with Gasteiger partial charge in [-0.2, -0.15) is 5.10 Å². The molecule has 0 saturated carbocycles. The van der Waals surface area contributed by atoms with Gasteiger partial charge < -0.3 is 10.1 Å². The summed E-state index contributed by atoms with van der Waals surface area (Å²) in [7, 11) is 0. The molecular formula is C27H20ClN3O3S. The van der Waals surface area contributed by atoms with Crippen molar-refractivity contribution < 1.29 is 14.3 Å². The van der Waals surface area contributed by atoms with Crippen LogP contribution in [0.15, 0.2) is 90.0 Å². The number of anilines is 1. The van der Waals surface area contributed by atoms with Gasteiger partial charge in [0.2, 0.25) is 0 Å². The number of carbonyl (C=O) groups is 2. The zero-order chi connectivity index (χ0) is 24.4. The number of hydrazone groups is 1. The van der Waals surface area contributed by atoms with E-state index in [0.29, 0.717) is 32.1 Å². The summed E-state index contributed by atoms with van der Waals surface area (Å²) in [4.78, 5) is 26.1. The van der Waals surface area contributed by atoms with Gasteiger partial charge in [0.15, 0.2) is 0 Å². The Hall–Kier alpha value is -3.94. The number of nitrogens with one attached hydrogen (secondary N) is 2. The molecule has 1 aliphatic heterocycles. The average molecular weight is 502 g/mol. The summed E-state index contributed by atoms with van der Waals surface area (Å²) >= 11 is 7.13. The highest BCUT2D eigenvalue weighted by Gasteiger charge is 2.32. The molecule has 0 bridgehead atoms. The van der Waals surface area contributed by atoms with Crippen LogP contribution in [0.3, 0.4) is 0 Å². The fraction of sp³-hybridized carbons (Fsp3) is 0.0741. The number of carbonyl (C=O) groups excluding carboxylic acids is 2. The maximum absolute atomic E-state index is 13.2. The number of hydrogen-bond donors (Lipinski definition) is 2. The maximum Gasteiger partial charge on any atom is 0.265 e. The van der Waals surface area contributed by atoms with Crippen molar-refractivity contribution in [3.05, 3.63) is 111 Å². The zero-order valence-corrected chi connectivity index (χ0v) is 20.2. The Morgan fingerprint density at radius 2 is 1.51 bits per heavy atom. The van der Waals surface area contributed by atoms with Crippen LogP contribution in [0.5, 0.6) is 11.5 Å². The van der Waals surface area contributed by atoms with E-state index in [-0.39, 0.29) is 11.8 Å². The lowest BCUT2D eigenvalue weighted by molar-refractivity contribution is -0.121. The number of halogens is 1. The van der Waals surface area contributed by atoms with Crippen LogP contribution in [0, 0.1) is 0 Å². The van der Waals surface area contributed by atoms with Gasteiger partial charge in [0.25, 0.3) is 11.8 Å². The summed E-state index contributed by atoms with van der Waals surface area (Å²) in [5.41, 5.74) is 6.40. The first kappa shape index (κ1) is 22.8. The number of ether oxygens (including phenoxy) is 1. The highest BCUT2D eigenvalue weighted by atomic mass is 35.5. The standard InChI is InChI=1S/C27H20ClN3O3S/c1-16(17-10-12-18(13-11-17)29-26(32)23-14-15-24(28)35-23)30-31-27(33)25-19-6-2-4-8-21(19)34-22-9-5-3-7-20(22)25/h2-15,25H,1H3,(H,29,32)(H,31,33). The average Bonchev–Trinajstić information content (AvgIpc) is 3.32. The molecule has 2 N–H and O–H groups in total. The van der Waals surface area contributed by atoms with Gasteiger partial charge in [-0.05, 0) is 48.9 Å². The topological polar surface area (TPSA) is 79.8 Å². The third-order valence-electron chi connectivity index (χ3n) is 5.63. The second-order valence-electron chi connectivity index (χ2n) is 7.92. The molecule has 5 rings (SSSR count). The van der Waals surface area contributed by atoms with Gasteiger partial charge in [0.1, 0.15) is 11.5 Å². The van der Waals surface area contributed by atoms with Crippen molar-refractivity contribution in [1.29, 1.82) is 0 Å². The van der Waals surface area contributed by atoms with E-state index in [2.05, 4.69) is 15.8 Å². The van der Waals surface area contributed by atoms with Crippen molar-refractivity contribution in [3.8, 4) is 11.5 Å². The van der Waals surface area contributed by atoms with Crippen molar-refractivity contribution in [2.75, 3.05) is 5.32 Å². The summed E-state index contributed by atoms with van der Waals surface area (Å²) in [6.45, 7) is 1.81. The summed E-state index contributed by atoms with van der Waals surface area (Å²) in [5.74, 6) is 0.329. The first-order valence-electron chi connectivity index (χ1n) is 10.9. The van der Waals surface area contributed by atoms with Crippen molar-refractivity contribution in [2.45, 2.75) is 12.8 Å². The molecule has 1 aliphatic rings. The molecule has 0 unspecified atom stereocenters. The van der Waals surface area contributed by atoms with Gasteiger partial charge in [-0.3, -0.25) is 9.59 Å². The minimum atomic E-state index is -0.531. The number of rotatable bonds is 5. The molecule has 0 saturated heterocycles. The number of amides is 2. The maximum atomic E-state index is 13.2. The molecule has 174 valence electrons. The number of hydrogen-bond acceptors (Lipinski definition) is 5. The molecule has 8 heteroatoms. The van der Waals surface area contributed by atoms with Crippen molar-refractivity contribution in [3.63, 3.8) is 0 Å². The molecule has 1 aromatic heterocycles. The van der Waals surface area contributed by atoms with Crippen LogP contribution in [-0.4, -0.2) is 17.5 Å². The van der Waals surface area contributed by atoms with E-state index >= 15 is 0 Å². The predicted molar refractivity (Wildman–Crippen MR) is 139 cm³/mol. The Labute approximate surface area is 211 Å². The zero-order valence-electron chi connectivity index (χ0n) is 18.6. The minimum Gasteiger partial charge on any atom is -0.457 e. The lowest BCUT2D eigenvalue weighted by atomic mass is 9.87. The highest BCUT2D eigenvalue weighted by Crippen LogP contribution is 2.43. The first-order chi connectivity index (χ1) is 17.0. The van der Waals surface area contributed by atoms with Crippen LogP contribution in [-0.2, 0) is 4.79 Å². The van der Waals surface area contributed by atoms with E-state index in [0.717, 1.165) is 16.7 Å². The molecule has 0 spiro atoms. The minimum absolute atomic E-state index is 0.218. The fourth-order valence-electron chi connectivity index (χ4n) is 3.88. The smallest absolute Gasteiger partial charge is 0.265 e. The Kier molecular flexibility index (Phi) is 6.35. The molecule has 0 atom stereocenters. The summed E-state index contributed by atoms with van der Waals surface area (Å²) in [6, 6.07) is 25.6. The Bertz CT molecular complexity index is 1400. The van der Waals surface area contributed by atoms with E-state index < -0.39 is 5.92 Å². The van der Waals surface area contributed by atoms with Crippen LogP contribution in [0.4, 0.5) is 5.69 Å². The molecule has 0 aliphatic carbocycles. The van der Waals surface area contributed by atoms with Crippen LogP contribution in [0.1, 0.15) is 39.2 Å². The fourth-order valence-corrected chi connectivity index (χ4v) is 4.82. The first-order valence-corrected chi connectivity index (χ1v) is 12.1. The van der Waals surface area contributed by atoms with Crippen LogP contribution >= 0.6 is 22.9 Å². The molecule has 35 heavy (non-hydrogen) atoms. The number of thiophene rings is 1. The quantitative estimate of drug-likeness (QED) is 0.244. The van der Waals surface area contributed by atoms with Gasteiger partial charge in [-0.25, -0.2) is 5.43 Å². The lowest BCUT2D eigenvalue weighted by Crippen LogP contribution is -2.29. The van der Waals surface area contributed by atoms with Gasteiger partial charge in [0.05, 0.1) is 20.8 Å². The van der Waals surface area contributed by atoms with Crippen molar-refractivity contribution in [2.24, 2.45) is 5.10 Å². The largest absolute Gasteiger partial charge is 0.457 e. The number of nitrogens with zero attached hydrogens (tertiary/aromatic N) is 1. The van der Waals surface area contributed by atoms with Gasteiger partial charge >= 0.3 is 0 Å². The molecule has 3 aromatic carbocycles. The van der Waals surface area contributed by atoms with E-state index in [9.17, 15) is 9.59 Å². The number of benzene rings is 3. The predicted octanol–water partition coefficient (Wildman–Crippen LogP) is 6.43. The second-order valence-corrected chi connectivity index (χ2v) is 9.63. The van der Waals surface area contributed by atoms with Gasteiger partial charge in [-0.15, -0.1) is 11.3 Å². The SMILES string of the molecule is CC(=NNC(=O)C1c2ccccc2Oc2ccccc21)c1ccc(NC(=O)c2ccc(Cl)s2)cc1. The lowest BCUT2D eigenvalue weighted by Gasteiger charge is -2.26. The third kappa shape index (κ3) is 4.82. The molecular weight excluding hydrogens is 482 g/mol. The molecule has 0 fully saturated rings. The number of fused-ring (bicyclic) bond motifs is 2.